The molecule has 0 atom stereocenters. The fourth-order valence-corrected chi connectivity index (χ4v) is 1.37. The van der Waals surface area contributed by atoms with E-state index in [0.717, 1.165) is 5.39 Å². The average Bonchev–Trinajstić information content (AvgIpc) is 2.23. The molecule has 0 aliphatic rings. The van der Waals surface area contributed by atoms with E-state index >= 15 is 0 Å². The smallest absolute Gasteiger partial charge is 0.146 e. The first-order valence-electron chi connectivity index (χ1n) is 4.17. The molecular weight excluding hydrogens is 180 g/mol. The summed E-state index contributed by atoms with van der Waals surface area (Å²) in [5, 5.41) is 13.3. The van der Waals surface area contributed by atoms with Gasteiger partial charge in [-0.15, -0.1) is 0 Å². The van der Waals surface area contributed by atoms with Crippen LogP contribution in [0.2, 0.25) is 0 Å². The van der Waals surface area contributed by atoms with Gasteiger partial charge in [-0.25, -0.2) is 0 Å². The molecule has 1 aromatic heterocycles. The second-order valence-electron chi connectivity index (χ2n) is 2.94. The maximum absolute atomic E-state index is 10.1. The third-order valence-corrected chi connectivity index (χ3v) is 2.07. The van der Waals surface area contributed by atoms with Gasteiger partial charge in [-0.05, 0) is 6.07 Å². The van der Waals surface area contributed by atoms with Crippen molar-refractivity contribution in [1.29, 1.82) is 0 Å². The number of phenolic OH excluding ortho intramolecular Hbond substituents is 1. The zero-order valence-corrected chi connectivity index (χ0v) is 7.34. The third kappa shape index (κ3) is 1.31. The molecule has 0 spiro atoms. The Labute approximate surface area is 80.2 Å². The summed E-state index contributed by atoms with van der Waals surface area (Å²) < 4.78 is 0. The predicted molar refractivity (Wildman–Crippen MR) is 52.9 cm³/mol. The summed E-state index contributed by atoms with van der Waals surface area (Å²) in [4.78, 5) is 14.1. The minimum atomic E-state index is -0.0294. The molecule has 0 fully saturated rings. The van der Waals surface area contributed by atoms with Gasteiger partial charge in [0.25, 0.3) is 0 Å². The van der Waals surface area contributed by atoms with Crippen molar-refractivity contribution in [2.75, 3.05) is 0 Å². The Morgan fingerprint density at radius 3 is 3.00 bits per heavy atom. The fourth-order valence-electron chi connectivity index (χ4n) is 1.37. The molecule has 0 amide bonds. The Morgan fingerprint density at radius 1 is 1.36 bits per heavy atom. The summed E-state index contributed by atoms with van der Waals surface area (Å²) in [5.74, 6) is 0.0442. The highest BCUT2D eigenvalue weighted by Gasteiger charge is 2.06. The topological polar surface area (TPSA) is 62.5 Å². The van der Waals surface area contributed by atoms with Crippen LogP contribution in [0, 0.1) is 4.91 Å². The molecule has 2 rings (SSSR count). The number of aromatic nitrogens is 1. The van der Waals surface area contributed by atoms with E-state index in [1.807, 2.05) is 12.1 Å². The highest BCUT2D eigenvalue weighted by Crippen LogP contribution is 2.26. The summed E-state index contributed by atoms with van der Waals surface area (Å²) in [6.45, 7) is -0.0294. The number of phenols is 1. The van der Waals surface area contributed by atoms with Gasteiger partial charge in [-0.2, -0.15) is 4.91 Å². The summed E-state index contributed by atoms with van der Waals surface area (Å²) >= 11 is 0. The van der Waals surface area contributed by atoms with Crippen LogP contribution in [0.25, 0.3) is 10.9 Å². The van der Waals surface area contributed by atoms with E-state index in [9.17, 15) is 10.0 Å². The van der Waals surface area contributed by atoms with E-state index in [4.69, 9.17) is 0 Å². The van der Waals surface area contributed by atoms with Gasteiger partial charge in [0.05, 0.1) is 0 Å². The Hall–Kier alpha value is -1.97. The van der Waals surface area contributed by atoms with Gasteiger partial charge < -0.3 is 5.11 Å². The van der Waals surface area contributed by atoms with Crippen molar-refractivity contribution in [2.45, 2.75) is 6.54 Å². The molecule has 0 radical (unpaired) electrons. The molecule has 1 aromatic carbocycles. The SMILES string of the molecule is O=NCc1ccc2cccnc2c1O. The van der Waals surface area contributed by atoms with Crippen LogP contribution in [-0.2, 0) is 6.54 Å². The Morgan fingerprint density at radius 2 is 2.21 bits per heavy atom. The van der Waals surface area contributed by atoms with Crippen LogP contribution in [0.5, 0.6) is 5.75 Å². The number of aromatic hydroxyl groups is 1. The van der Waals surface area contributed by atoms with E-state index in [1.54, 1.807) is 18.3 Å². The molecule has 0 saturated carbocycles. The lowest BCUT2D eigenvalue weighted by molar-refractivity contribution is 0.473. The van der Waals surface area contributed by atoms with Crippen LogP contribution in [0.4, 0.5) is 0 Å². The van der Waals surface area contributed by atoms with E-state index < -0.39 is 0 Å². The van der Waals surface area contributed by atoms with Crippen molar-refractivity contribution < 1.29 is 5.11 Å². The number of hydrogen-bond acceptors (Lipinski definition) is 4. The Balaban J connectivity index is 2.68. The first-order chi connectivity index (χ1) is 6.83. The second-order valence-corrected chi connectivity index (χ2v) is 2.94. The molecule has 0 aliphatic carbocycles. The van der Waals surface area contributed by atoms with Crippen LogP contribution in [0.1, 0.15) is 5.56 Å². The van der Waals surface area contributed by atoms with Crippen LogP contribution >= 0.6 is 0 Å². The minimum absolute atomic E-state index is 0.0294. The quantitative estimate of drug-likeness (QED) is 0.735. The normalized spacial score (nSPS) is 10.3. The second kappa shape index (κ2) is 3.41. The number of benzene rings is 1. The lowest BCUT2D eigenvalue weighted by Crippen LogP contribution is -1.85. The van der Waals surface area contributed by atoms with Crippen molar-refractivity contribution in [1.82, 2.24) is 4.98 Å². The number of pyridine rings is 1. The van der Waals surface area contributed by atoms with Gasteiger partial charge >= 0.3 is 0 Å². The number of hydrogen-bond donors (Lipinski definition) is 1. The first-order valence-corrected chi connectivity index (χ1v) is 4.17. The molecule has 0 aliphatic heterocycles. The standard InChI is InChI=1S/C10H8N2O2/c13-10-8(6-12-14)4-3-7-2-1-5-11-9(7)10/h1-5,13H,6H2. The summed E-state index contributed by atoms with van der Waals surface area (Å²) in [7, 11) is 0. The summed E-state index contributed by atoms with van der Waals surface area (Å²) in [6, 6.07) is 7.13. The van der Waals surface area contributed by atoms with Crippen molar-refractivity contribution in [3.8, 4) is 5.75 Å². The number of fused-ring (bicyclic) bond motifs is 1. The molecule has 1 heterocycles. The predicted octanol–water partition coefficient (Wildman–Crippen LogP) is 2.21. The van der Waals surface area contributed by atoms with Gasteiger partial charge in [0, 0.05) is 17.1 Å². The zero-order valence-electron chi connectivity index (χ0n) is 7.34. The Kier molecular flexibility index (Phi) is 2.10. The fraction of sp³-hybridized carbons (Fsp3) is 0.100. The van der Waals surface area contributed by atoms with E-state index in [-0.39, 0.29) is 12.3 Å². The van der Waals surface area contributed by atoms with E-state index in [1.165, 1.54) is 0 Å². The molecular formula is C10H8N2O2. The lowest BCUT2D eigenvalue weighted by Gasteiger charge is -2.03. The molecule has 0 saturated heterocycles. The number of nitroso groups, excluding NO2 is 1. The van der Waals surface area contributed by atoms with Gasteiger partial charge in [-0.3, -0.25) is 4.98 Å². The molecule has 0 unspecified atom stereocenters. The van der Waals surface area contributed by atoms with Gasteiger partial charge in [0.2, 0.25) is 0 Å². The van der Waals surface area contributed by atoms with Crippen molar-refractivity contribution in [3.63, 3.8) is 0 Å². The van der Waals surface area contributed by atoms with E-state index in [0.29, 0.717) is 11.1 Å². The minimum Gasteiger partial charge on any atom is -0.505 e. The molecule has 4 heteroatoms. The van der Waals surface area contributed by atoms with Crippen LogP contribution in [-0.4, -0.2) is 10.1 Å². The highest BCUT2D eigenvalue weighted by atomic mass is 16.3. The van der Waals surface area contributed by atoms with Crippen molar-refractivity contribution >= 4 is 10.9 Å². The van der Waals surface area contributed by atoms with E-state index in [2.05, 4.69) is 10.2 Å². The molecule has 4 nitrogen and oxygen atoms in total. The van der Waals surface area contributed by atoms with Crippen molar-refractivity contribution in [2.24, 2.45) is 5.18 Å². The van der Waals surface area contributed by atoms with Gasteiger partial charge in [-0.1, -0.05) is 23.4 Å². The third-order valence-electron chi connectivity index (χ3n) is 2.07. The monoisotopic (exact) mass is 188 g/mol. The van der Waals surface area contributed by atoms with Gasteiger partial charge in [0.1, 0.15) is 17.8 Å². The van der Waals surface area contributed by atoms with Crippen LogP contribution in [0.3, 0.4) is 0 Å². The molecule has 0 bridgehead atoms. The van der Waals surface area contributed by atoms with Crippen LogP contribution < -0.4 is 0 Å². The number of nitrogens with zero attached hydrogens (tertiary/aromatic N) is 2. The summed E-state index contributed by atoms with van der Waals surface area (Å²) in [5.41, 5.74) is 1.01. The largest absolute Gasteiger partial charge is 0.505 e. The summed E-state index contributed by atoms with van der Waals surface area (Å²) in [6.07, 6.45) is 1.60. The molecule has 70 valence electrons. The molecule has 1 N–H and O–H groups in total. The number of rotatable bonds is 2. The van der Waals surface area contributed by atoms with Crippen molar-refractivity contribution in [3.05, 3.63) is 40.9 Å². The lowest BCUT2D eigenvalue weighted by atomic mass is 10.1. The first kappa shape index (κ1) is 8.62. The average molecular weight is 188 g/mol. The molecule has 2 aromatic rings. The zero-order chi connectivity index (χ0) is 9.97. The highest BCUT2D eigenvalue weighted by molar-refractivity contribution is 5.85. The maximum Gasteiger partial charge on any atom is 0.146 e. The maximum atomic E-state index is 10.1. The Bertz CT molecular complexity index is 483. The van der Waals surface area contributed by atoms with Crippen LogP contribution in [0.15, 0.2) is 35.6 Å². The molecule has 14 heavy (non-hydrogen) atoms. The van der Waals surface area contributed by atoms with Gasteiger partial charge in [0.15, 0.2) is 0 Å².